The lowest BCUT2D eigenvalue weighted by atomic mass is 9.97. The summed E-state index contributed by atoms with van der Waals surface area (Å²) in [6.07, 6.45) is 8.34. The van der Waals surface area contributed by atoms with Gasteiger partial charge in [0.25, 0.3) is 0 Å². The summed E-state index contributed by atoms with van der Waals surface area (Å²) in [5.74, 6) is 0.478. The summed E-state index contributed by atoms with van der Waals surface area (Å²) < 4.78 is 0. The first-order chi connectivity index (χ1) is 13.3. The number of thioether (sulfide) groups is 1. The molecule has 1 aliphatic rings. The van der Waals surface area contributed by atoms with Crippen molar-refractivity contribution in [2.75, 3.05) is 12.3 Å². The van der Waals surface area contributed by atoms with Crippen molar-refractivity contribution in [2.24, 2.45) is 0 Å². The molecule has 2 aromatic heterocycles. The highest BCUT2D eigenvalue weighted by molar-refractivity contribution is 8.00. The molecule has 0 saturated carbocycles. The molecular formula is C21H23N3OS2. The zero-order chi connectivity index (χ0) is 18.5. The fraction of sp³-hybridized carbons (Fsp3) is 0.381. The number of nitrogens with zero attached hydrogens (tertiary/aromatic N) is 2. The minimum atomic E-state index is 0.0731. The number of hydrogen-bond donors (Lipinski definition) is 1. The van der Waals surface area contributed by atoms with Crippen LogP contribution in [0.15, 0.2) is 41.7 Å². The monoisotopic (exact) mass is 397 g/mol. The molecule has 2 heterocycles. The lowest BCUT2D eigenvalue weighted by Gasteiger charge is -2.11. The van der Waals surface area contributed by atoms with E-state index < -0.39 is 0 Å². The predicted molar refractivity (Wildman–Crippen MR) is 113 cm³/mol. The summed E-state index contributed by atoms with van der Waals surface area (Å²) in [6.45, 7) is 0.710. The zero-order valence-corrected chi connectivity index (χ0v) is 16.9. The molecule has 0 spiro atoms. The number of aryl methyl sites for hydroxylation is 3. The molecule has 0 unspecified atom stereocenters. The van der Waals surface area contributed by atoms with Crippen LogP contribution in [0.4, 0.5) is 0 Å². The first-order valence-corrected chi connectivity index (χ1v) is 11.3. The van der Waals surface area contributed by atoms with E-state index in [0.29, 0.717) is 12.3 Å². The number of nitrogens with one attached hydrogen (secondary N) is 1. The van der Waals surface area contributed by atoms with Gasteiger partial charge in [0.05, 0.1) is 5.75 Å². The van der Waals surface area contributed by atoms with Crippen LogP contribution in [0.1, 0.15) is 35.3 Å². The number of rotatable bonds is 7. The molecule has 1 aliphatic carbocycles. The summed E-state index contributed by atoms with van der Waals surface area (Å²) in [6, 6.07) is 10.4. The molecular weight excluding hydrogens is 374 g/mol. The van der Waals surface area contributed by atoms with Gasteiger partial charge >= 0.3 is 0 Å². The summed E-state index contributed by atoms with van der Waals surface area (Å²) in [5.41, 5.74) is 2.74. The summed E-state index contributed by atoms with van der Waals surface area (Å²) in [5, 5.41) is 5.18. The molecule has 1 N–H and O–H groups in total. The third-order valence-corrected chi connectivity index (χ3v) is 7.05. The van der Waals surface area contributed by atoms with Gasteiger partial charge in [0, 0.05) is 16.8 Å². The van der Waals surface area contributed by atoms with E-state index in [1.165, 1.54) is 46.0 Å². The van der Waals surface area contributed by atoms with Gasteiger partial charge in [-0.1, -0.05) is 42.1 Å². The minimum Gasteiger partial charge on any atom is -0.355 e. The third-order valence-electron chi connectivity index (χ3n) is 4.86. The van der Waals surface area contributed by atoms with Crippen LogP contribution in [0.25, 0.3) is 10.2 Å². The molecule has 1 amide bonds. The topological polar surface area (TPSA) is 54.9 Å². The predicted octanol–water partition coefficient (Wildman–Crippen LogP) is 4.41. The van der Waals surface area contributed by atoms with E-state index in [1.807, 2.05) is 6.07 Å². The Morgan fingerprint density at radius 1 is 1.15 bits per heavy atom. The van der Waals surface area contributed by atoms with E-state index in [4.69, 9.17) is 0 Å². The SMILES string of the molecule is O=C(CSc1ncnc2sc3c(c12)CCCC3)NCCCc1ccccc1. The zero-order valence-electron chi connectivity index (χ0n) is 15.2. The van der Waals surface area contributed by atoms with Crippen molar-refractivity contribution in [1.82, 2.24) is 15.3 Å². The molecule has 0 bridgehead atoms. The van der Waals surface area contributed by atoms with Gasteiger partial charge < -0.3 is 5.32 Å². The van der Waals surface area contributed by atoms with Crippen molar-refractivity contribution in [3.8, 4) is 0 Å². The smallest absolute Gasteiger partial charge is 0.230 e. The quantitative estimate of drug-likeness (QED) is 0.364. The molecule has 4 rings (SSSR count). The minimum absolute atomic E-state index is 0.0731. The third kappa shape index (κ3) is 4.50. The summed E-state index contributed by atoms with van der Waals surface area (Å²) >= 11 is 3.33. The lowest BCUT2D eigenvalue weighted by Crippen LogP contribution is -2.26. The van der Waals surface area contributed by atoms with Crippen molar-refractivity contribution in [3.63, 3.8) is 0 Å². The van der Waals surface area contributed by atoms with Gasteiger partial charge in [-0.05, 0) is 49.7 Å². The number of carbonyl (C=O) groups is 1. The van der Waals surface area contributed by atoms with E-state index in [-0.39, 0.29) is 5.91 Å². The molecule has 6 heteroatoms. The van der Waals surface area contributed by atoms with Crippen LogP contribution in [0, 0.1) is 0 Å². The van der Waals surface area contributed by atoms with Gasteiger partial charge in [-0.2, -0.15) is 0 Å². The van der Waals surface area contributed by atoms with E-state index in [0.717, 1.165) is 35.5 Å². The maximum absolute atomic E-state index is 12.2. The van der Waals surface area contributed by atoms with Gasteiger partial charge in [-0.15, -0.1) is 11.3 Å². The number of hydrogen-bond acceptors (Lipinski definition) is 5. The Labute approximate surface area is 167 Å². The Kier molecular flexibility index (Phi) is 6.04. The maximum atomic E-state index is 12.2. The first-order valence-electron chi connectivity index (χ1n) is 9.50. The van der Waals surface area contributed by atoms with E-state index >= 15 is 0 Å². The Morgan fingerprint density at radius 3 is 2.89 bits per heavy atom. The molecule has 4 nitrogen and oxygen atoms in total. The standard InChI is InChI=1S/C21H23N3OS2/c25-18(22-12-6-9-15-7-2-1-3-8-15)13-26-20-19-16-10-4-5-11-17(16)27-21(19)24-14-23-20/h1-3,7-8,14H,4-6,9-13H2,(H,22,25). The fourth-order valence-corrected chi connectivity index (χ4v) is 5.67. The number of carbonyl (C=O) groups excluding carboxylic acids is 1. The van der Waals surface area contributed by atoms with Crippen molar-refractivity contribution in [3.05, 3.63) is 52.7 Å². The molecule has 0 saturated heterocycles. The largest absolute Gasteiger partial charge is 0.355 e. The van der Waals surface area contributed by atoms with Gasteiger partial charge in [-0.3, -0.25) is 4.79 Å². The Hall–Kier alpha value is -1.92. The average molecular weight is 398 g/mol. The Balaban J connectivity index is 1.31. The second kappa shape index (κ2) is 8.85. The fourth-order valence-electron chi connectivity index (χ4n) is 3.52. The normalized spacial score (nSPS) is 13.5. The van der Waals surface area contributed by atoms with Crippen molar-refractivity contribution >= 4 is 39.2 Å². The van der Waals surface area contributed by atoms with Crippen LogP contribution >= 0.6 is 23.1 Å². The second-order valence-electron chi connectivity index (χ2n) is 6.80. The van der Waals surface area contributed by atoms with Crippen LogP contribution in [0.3, 0.4) is 0 Å². The maximum Gasteiger partial charge on any atom is 0.230 e. The molecule has 0 fully saturated rings. The van der Waals surface area contributed by atoms with Crippen LogP contribution in [0.2, 0.25) is 0 Å². The summed E-state index contributed by atoms with van der Waals surface area (Å²) in [4.78, 5) is 23.7. The highest BCUT2D eigenvalue weighted by Gasteiger charge is 2.20. The highest BCUT2D eigenvalue weighted by atomic mass is 32.2. The molecule has 140 valence electrons. The van der Waals surface area contributed by atoms with E-state index in [9.17, 15) is 4.79 Å². The molecule has 3 aromatic rings. The van der Waals surface area contributed by atoms with E-state index in [2.05, 4.69) is 39.6 Å². The first kappa shape index (κ1) is 18.4. The lowest BCUT2D eigenvalue weighted by molar-refractivity contribution is -0.118. The van der Waals surface area contributed by atoms with Crippen LogP contribution < -0.4 is 5.32 Å². The van der Waals surface area contributed by atoms with Gasteiger partial charge in [0.1, 0.15) is 16.2 Å². The number of benzene rings is 1. The Morgan fingerprint density at radius 2 is 2.00 bits per heavy atom. The number of amides is 1. The van der Waals surface area contributed by atoms with Gasteiger partial charge in [0.15, 0.2) is 0 Å². The van der Waals surface area contributed by atoms with Crippen LogP contribution in [0.5, 0.6) is 0 Å². The van der Waals surface area contributed by atoms with Crippen LogP contribution in [-0.4, -0.2) is 28.2 Å². The molecule has 27 heavy (non-hydrogen) atoms. The average Bonchev–Trinajstić information content (AvgIpc) is 3.10. The number of aromatic nitrogens is 2. The Bertz CT molecular complexity index is 924. The van der Waals surface area contributed by atoms with Gasteiger partial charge in [0.2, 0.25) is 5.91 Å². The number of fused-ring (bicyclic) bond motifs is 3. The van der Waals surface area contributed by atoms with E-state index in [1.54, 1.807) is 17.7 Å². The molecule has 0 atom stereocenters. The molecule has 0 aliphatic heterocycles. The second-order valence-corrected chi connectivity index (χ2v) is 8.85. The number of thiophene rings is 1. The van der Waals surface area contributed by atoms with Crippen molar-refractivity contribution < 1.29 is 4.79 Å². The van der Waals surface area contributed by atoms with Crippen molar-refractivity contribution in [2.45, 2.75) is 43.6 Å². The van der Waals surface area contributed by atoms with Gasteiger partial charge in [-0.25, -0.2) is 9.97 Å². The van der Waals surface area contributed by atoms with Crippen molar-refractivity contribution in [1.29, 1.82) is 0 Å². The summed E-state index contributed by atoms with van der Waals surface area (Å²) in [7, 11) is 0. The molecule has 1 aromatic carbocycles. The van der Waals surface area contributed by atoms with Crippen LogP contribution in [-0.2, 0) is 24.1 Å². The molecule has 0 radical (unpaired) electrons. The highest BCUT2D eigenvalue weighted by Crippen LogP contribution is 2.39.